The zero-order valence-corrected chi connectivity index (χ0v) is 7.39. The summed E-state index contributed by atoms with van der Waals surface area (Å²) in [5.41, 5.74) is 0. The Labute approximate surface area is 72.7 Å². The van der Waals surface area contributed by atoms with Crippen LogP contribution in [0.1, 0.15) is 13.8 Å². The summed E-state index contributed by atoms with van der Waals surface area (Å²) < 4.78 is 18.9. The zero-order valence-electron chi connectivity index (χ0n) is 6.49. The van der Waals surface area contributed by atoms with Crippen molar-refractivity contribution in [2.24, 2.45) is 0 Å². The maximum absolute atomic E-state index is 10.4. The first kappa shape index (κ1) is 13.3. The quantitative estimate of drug-likeness (QED) is 0.338. The minimum atomic E-state index is -3.94. The third-order valence-electron chi connectivity index (χ3n) is 0.574. The number of phosphoric acid groups is 1. The van der Waals surface area contributed by atoms with E-state index in [9.17, 15) is 9.46 Å². The molecule has 0 heterocycles. The predicted octanol–water partition coefficient (Wildman–Crippen LogP) is -2.47. The van der Waals surface area contributed by atoms with Crippen molar-refractivity contribution in [2.45, 2.75) is 13.8 Å². The van der Waals surface area contributed by atoms with Crippen LogP contribution in [-0.2, 0) is 13.6 Å². The van der Waals surface area contributed by atoms with Crippen molar-refractivity contribution in [3.8, 4) is 0 Å². The third kappa shape index (κ3) is 6.82. The van der Waals surface area contributed by atoms with Crippen LogP contribution in [0.5, 0.6) is 0 Å². The molecule has 6 heteroatoms. The van der Waals surface area contributed by atoms with Gasteiger partial charge in [0.15, 0.2) is 0 Å². The summed E-state index contributed by atoms with van der Waals surface area (Å²) in [5, 5.41) is 0. The normalized spacial score (nSPS) is 10.7. The fraction of sp³-hybridized carbons (Fsp3) is 1.00. The van der Waals surface area contributed by atoms with Gasteiger partial charge in [-0.1, -0.05) is 0 Å². The first-order chi connectivity index (χ1) is 4.12. The van der Waals surface area contributed by atoms with Crippen LogP contribution in [0.4, 0.5) is 0 Å². The van der Waals surface area contributed by atoms with Gasteiger partial charge in [-0.05, 0) is 13.8 Å². The van der Waals surface area contributed by atoms with E-state index in [1.807, 2.05) is 0 Å². The van der Waals surface area contributed by atoms with Gasteiger partial charge in [0.25, 0.3) is 7.82 Å². The molecule has 0 amide bonds. The molecule has 10 heavy (non-hydrogen) atoms. The van der Waals surface area contributed by atoms with Gasteiger partial charge in [0.05, 0.1) is 13.2 Å². The molecule has 0 rings (SSSR count). The molecule has 4 nitrogen and oxygen atoms in total. The van der Waals surface area contributed by atoms with Crippen molar-refractivity contribution < 1.29 is 37.4 Å². The molecular formula is C4H10LiO4P. The van der Waals surface area contributed by atoms with Crippen LogP contribution in [-0.4, -0.2) is 13.2 Å². The number of phosphoric ester groups is 1. The minimum Gasteiger partial charge on any atom is -0.756 e. The molecule has 0 aromatic heterocycles. The van der Waals surface area contributed by atoms with Crippen molar-refractivity contribution in [3.63, 3.8) is 0 Å². The van der Waals surface area contributed by atoms with Crippen LogP contribution in [0.3, 0.4) is 0 Å². The molecule has 0 spiro atoms. The molecule has 0 N–H and O–H groups in total. The molecule has 0 aromatic rings. The van der Waals surface area contributed by atoms with Crippen LogP contribution < -0.4 is 23.8 Å². The average Bonchev–Trinajstić information content (AvgIpc) is 1.64. The van der Waals surface area contributed by atoms with Gasteiger partial charge in [0.2, 0.25) is 0 Å². The Morgan fingerprint density at radius 1 is 1.30 bits per heavy atom. The third-order valence-corrected chi connectivity index (χ3v) is 1.72. The van der Waals surface area contributed by atoms with Gasteiger partial charge in [0.1, 0.15) is 0 Å². The van der Waals surface area contributed by atoms with Crippen molar-refractivity contribution in [1.29, 1.82) is 0 Å². The smallest absolute Gasteiger partial charge is 0.756 e. The first-order valence-electron chi connectivity index (χ1n) is 2.72. The molecule has 0 atom stereocenters. The van der Waals surface area contributed by atoms with Gasteiger partial charge in [-0.2, -0.15) is 0 Å². The van der Waals surface area contributed by atoms with Gasteiger partial charge in [-0.3, -0.25) is 4.57 Å². The molecule has 0 aromatic carbocycles. The molecule has 0 saturated heterocycles. The molecule has 56 valence electrons. The standard InChI is InChI=1S/C4H11O4P.Li/c1-3-7-9(5,6)8-4-2;/h3-4H2,1-2H3,(H,5,6);/q;+1/p-1. The molecule has 0 aliphatic carbocycles. The Morgan fingerprint density at radius 2 is 1.60 bits per heavy atom. The van der Waals surface area contributed by atoms with Crippen molar-refractivity contribution in [2.75, 3.05) is 13.2 Å². The SMILES string of the molecule is CCOP(=O)([O-])OCC.[Li+]. The molecule has 0 fully saturated rings. The zero-order chi connectivity index (χ0) is 7.33. The van der Waals surface area contributed by atoms with E-state index in [1.165, 1.54) is 0 Å². The molecule has 0 unspecified atom stereocenters. The monoisotopic (exact) mass is 160 g/mol. The Bertz CT molecular complexity index is 108. The molecule has 0 aliphatic heterocycles. The van der Waals surface area contributed by atoms with Crippen LogP contribution in [0.25, 0.3) is 0 Å². The van der Waals surface area contributed by atoms with Gasteiger partial charge in [0, 0.05) is 0 Å². The van der Waals surface area contributed by atoms with Gasteiger partial charge >= 0.3 is 18.9 Å². The Hall–Kier alpha value is 0.707. The van der Waals surface area contributed by atoms with Crippen LogP contribution in [0, 0.1) is 0 Å². The molecule has 0 bridgehead atoms. The van der Waals surface area contributed by atoms with Crippen LogP contribution in [0.2, 0.25) is 0 Å². The van der Waals surface area contributed by atoms with Crippen molar-refractivity contribution >= 4 is 7.82 Å². The molecule has 0 saturated carbocycles. The number of hydrogen-bond donors (Lipinski definition) is 0. The van der Waals surface area contributed by atoms with Crippen molar-refractivity contribution in [3.05, 3.63) is 0 Å². The number of rotatable bonds is 4. The van der Waals surface area contributed by atoms with E-state index in [2.05, 4.69) is 9.05 Å². The van der Waals surface area contributed by atoms with Gasteiger partial charge in [-0.25, -0.2) is 0 Å². The maximum atomic E-state index is 10.4. The number of hydrogen-bond acceptors (Lipinski definition) is 4. The van der Waals surface area contributed by atoms with Crippen LogP contribution >= 0.6 is 7.82 Å². The average molecular weight is 160 g/mol. The predicted molar refractivity (Wildman–Crippen MR) is 30.9 cm³/mol. The summed E-state index contributed by atoms with van der Waals surface area (Å²) in [7, 11) is -3.94. The van der Waals surface area contributed by atoms with E-state index < -0.39 is 7.82 Å². The topological polar surface area (TPSA) is 58.6 Å². The van der Waals surface area contributed by atoms with Crippen LogP contribution in [0.15, 0.2) is 0 Å². The first-order valence-corrected chi connectivity index (χ1v) is 4.18. The Kier molecular flexibility index (Phi) is 8.54. The minimum absolute atomic E-state index is 0. The molecule has 0 aliphatic rings. The van der Waals surface area contributed by atoms with Gasteiger partial charge < -0.3 is 13.9 Å². The van der Waals surface area contributed by atoms with Gasteiger partial charge in [-0.15, -0.1) is 0 Å². The largest absolute Gasteiger partial charge is 1.00 e. The fourth-order valence-corrected chi connectivity index (χ4v) is 1.06. The summed E-state index contributed by atoms with van der Waals surface area (Å²) >= 11 is 0. The maximum Gasteiger partial charge on any atom is 1.00 e. The Balaban J connectivity index is 0. The van der Waals surface area contributed by atoms with E-state index in [4.69, 9.17) is 0 Å². The summed E-state index contributed by atoms with van der Waals surface area (Å²) in [6, 6.07) is 0. The second-order valence-corrected chi connectivity index (χ2v) is 2.69. The van der Waals surface area contributed by atoms with E-state index in [0.717, 1.165) is 0 Å². The van der Waals surface area contributed by atoms with E-state index in [0.29, 0.717) is 0 Å². The van der Waals surface area contributed by atoms with E-state index in [-0.39, 0.29) is 32.1 Å². The van der Waals surface area contributed by atoms with E-state index >= 15 is 0 Å². The fourth-order valence-electron chi connectivity index (χ4n) is 0.353. The summed E-state index contributed by atoms with van der Waals surface area (Å²) in [6.07, 6.45) is 0. The second-order valence-electron chi connectivity index (χ2n) is 1.28. The second kappa shape index (κ2) is 6.42. The van der Waals surface area contributed by atoms with Crippen molar-refractivity contribution in [1.82, 2.24) is 0 Å². The molecular weight excluding hydrogens is 150 g/mol. The molecule has 0 radical (unpaired) electrons. The summed E-state index contributed by atoms with van der Waals surface area (Å²) in [6.45, 7) is 3.43. The summed E-state index contributed by atoms with van der Waals surface area (Å²) in [4.78, 5) is 10.4. The Morgan fingerprint density at radius 3 is 1.80 bits per heavy atom. The summed E-state index contributed by atoms with van der Waals surface area (Å²) in [5.74, 6) is 0. The van der Waals surface area contributed by atoms with E-state index in [1.54, 1.807) is 13.8 Å².